The third-order valence-corrected chi connectivity index (χ3v) is 4.76. The standard InChI is InChI=1S/C15H18O3/c1-7-4-5-10-9(3)15(17)18-14(10)13-8(2)6-11(16)12(7)13/h6,9-10,13-14H,4-5H2,1-3H3/t9-,10+,13-,14+/m0/s1. The van der Waals surface area contributed by atoms with Crippen LogP contribution in [0.3, 0.4) is 0 Å². The predicted molar refractivity (Wildman–Crippen MR) is 66.7 cm³/mol. The Labute approximate surface area is 107 Å². The number of fused-ring (bicyclic) bond motifs is 3. The quantitative estimate of drug-likeness (QED) is 0.616. The number of esters is 1. The van der Waals surface area contributed by atoms with E-state index in [0.29, 0.717) is 0 Å². The van der Waals surface area contributed by atoms with Crippen LogP contribution in [-0.2, 0) is 14.3 Å². The second-order valence-electron chi connectivity index (χ2n) is 5.82. The second-order valence-corrected chi connectivity index (χ2v) is 5.82. The summed E-state index contributed by atoms with van der Waals surface area (Å²) in [6.07, 6.45) is 3.44. The van der Waals surface area contributed by atoms with E-state index in [-0.39, 0.29) is 35.6 Å². The minimum Gasteiger partial charge on any atom is -0.461 e. The molecule has 0 N–H and O–H groups in total. The average Bonchev–Trinajstić information content (AvgIpc) is 2.68. The molecule has 1 heterocycles. The number of carbonyl (C=O) groups excluding carboxylic acids is 2. The van der Waals surface area contributed by atoms with Gasteiger partial charge in [0.05, 0.1) is 5.92 Å². The van der Waals surface area contributed by atoms with Crippen LogP contribution in [0.1, 0.15) is 33.6 Å². The highest BCUT2D eigenvalue weighted by Gasteiger charge is 2.50. The monoisotopic (exact) mass is 246 g/mol. The summed E-state index contributed by atoms with van der Waals surface area (Å²) in [6, 6.07) is 0. The highest BCUT2D eigenvalue weighted by molar-refractivity contribution is 6.09. The number of carbonyl (C=O) groups is 2. The SMILES string of the molecule is CC1=CC(=O)C2=C(C)CC[C@H]3[C@@H](OC(=O)[C@H]3C)[C@@H]12. The van der Waals surface area contributed by atoms with Gasteiger partial charge in [-0.2, -0.15) is 0 Å². The lowest BCUT2D eigenvalue weighted by atomic mass is 9.81. The van der Waals surface area contributed by atoms with Gasteiger partial charge in [-0.15, -0.1) is 0 Å². The Morgan fingerprint density at radius 1 is 1.28 bits per heavy atom. The number of ketones is 1. The number of hydrogen-bond acceptors (Lipinski definition) is 3. The normalized spacial score (nSPS) is 39.2. The van der Waals surface area contributed by atoms with Crippen LogP contribution in [0.25, 0.3) is 0 Å². The number of ether oxygens (including phenoxy) is 1. The van der Waals surface area contributed by atoms with Gasteiger partial charge in [-0.25, -0.2) is 0 Å². The molecule has 0 bridgehead atoms. The van der Waals surface area contributed by atoms with Gasteiger partial charge in [-0.05, 0) is 32.8 Å². The van der Waals surface area contributed by atoms with Crippen LogP contribution in [0, 0.1) is 17.8 Å². The van der Waals surface area contributed by atoms with Gasteiger partial charge in [0, 0.05) is 17.4 Å². The van der Waals surface area contributed by atoms with Crippen LogP contribution in [0.5, 0.6) is 0 Å². The molecule has 1 saturated heterocycles. The smallest absolute Gasteiger partial charge is 0.309 e. The molecule has 3 rings (SSSR count). The zero-order valence-electron chi connectivity index (χ0n) is 11.0. The molecule has 3 nitrogen and oxygen atoms in total. The van der Waals surface area contributed by atoms with E-state index < -0.39 is 0 Å². The lowest BCUT2D eigenvalue weighted by molar-refractivity contribution is -0.144. The highest BCUT2D eigenvalue weighted by Crippen LogP contribution is 2.47. The number of allylic oxidation sites excluding steroid dienone is 2. The summed E-state index contributed by atoms with van der Waals surface area (Å²) in [7, 11) is 0. The first kappa shape index (κ1) is 11.7. The summed E-state index contributed by atoms with van der Waals surface area (Å²) in [4.78, 5) is 23.8. The number of hydrogen-bond donors (Lipinski definition) is 0. The maximum absolute atomic E-state index is 12.1. The highest BCUT2D eigenvalue weighted by atomic mass is 16.6. The van der Waals surface area contributed by atoms with Crippen LogP contribution < -0.4 is 0 Å². The number of rotatable bonds is 0. The molecular formula is C15H18O3. The average molecular weight is 246 g/mol. The predicted octanol–water partition coefficient (Wildman–Crippen LogP) is 2.42. The zero-order chi connectivity index (χ0) is 13.0. The Morgan fingerprint density at radius 3 is 2.72 bits per heavy atom. The molecule has 0 radical (unpaired) electrons. The van der Waals surface area contributed by atoms with Crippen LogP contribution in [-0.4, -0.2) is 17.9 Å². The van der Waals surface area contributed by atoms with E-state index >= 15 is 0 Å². The van der Waals surface area contributed by atoms with E-state index in [1.165, 1.54) is 5.57 Å². The summed E-state index contributed by atoms with van der Waals surface area (Å²) in [5.41, 5.74) is 3.12. The van der Waals surface area contributed by atoms with Gasteiger partial charge in [0.25, 0.3) is 0 Å². The van der Waals surface area contributed by atoms with Crippen molar-refractivity contribution >= 4 is 11.8 Å². The minimum atomic E-state index is -0.123. The molecule has 0 aromatic carbocycles. The van der Waals surface area contributed by atoms with Gasteiger partial charge in [0.1, 0.15) is 6.10 Å². The van der Waals surface area contributed by atoms with Crippen molar-refractivity contribution in [2.75, 3.05) is 0 Å². The molecule has 0 spiro atoms. The maximum atomic E-state index is 12.1. The second kappa shape index (κ2) is 3.81. The van der Waals surface area contributed by atoms with Crippen LogP contribution >= 0.6 is 0 Å². The maximum Gasteiger partial charge on any atom is 0.309 e. The molecule has 3 heteroatoms. The molecule has 2 aliphatic carbocycles. The van der Waals surface area contributed by atoms with Crippen LogP contribution in [0.2, 0.25) is 0 Å². The fourth-order valence-corrected chi connectivity index (χ4v) is 3.69. The molecule has 0 saturated carbocycles. The van der Waals surface area contributed by atoms with Crippen LogP contribution in [0.4, 0.5) is 0 Å². The lowest BCUT2D eigenvalue weighted by Crippen LogP contribution is -2.28. The van der Waals surface area contributed by atoms with E-state index in [1.54, 1.807) is 6.08 Å². The third kappa shape index (κ3) is 1.43. The Balaban J connectivity index is 2.07. The van der Waals surface area contributed by atoms with Gasteiger partial charge in [0.15, 0.2) is 5.78 Å². The third-order valence-electron chi connectivity index (χ3n) is 4.76. The van der Waals surface area contributed by atoms with E-state index in [4.69, 9.17) is 4.74 Å². The largest absolute Gasteiger partial charge is 0.461 e. The van der Waals surface area contributed by atoms with Gasteiger partial charge in [-0.1, -0.05) is 18.1 Å². The van der Waals surface area contributed by atoms with Crippen LogP contribution in [0.15, 0.2) is 22.8 Å². The summed E-state index contributed by atoms with van der Waals surface area (Å²) >= 11 is 0. The molecule has 3 aliphatic rings. The van der Waals surface area contributed by atoms with Crippen molar-refractivity contribution in [1.82, 2.24) is 0 Å². The lowest BCUT2D eigenvalue weighted by Gasteiger charge is -2.24. The van der Waals surface area contributed by atoms with Crippen molar-refractivity contribution in [3.63, 3.8) is 0 Å². The Hall–Kier alpha value is -1.38. The van der Waals surface area contributed by atoms with Gasteiger partial charge < -0.3 is 4.74 Å². The summed E-state index contributed by atoms with van der Waals surface area (Å²) in [5.74, 6) is 0.246. The van der Waals surface area contributed by atoms with Crippen molar-refractivity contribution < 1.29 is 14.3 Å². The molecular weight excluding hydrogens is 228 g/mol. The molecule has 4 atom stereocenters. The van der Waals surface area contributed by atoms with E-state index in [1.807, 2.05) is 20.8 Å². The van der Waals surface area contributed by atoms with E-state index in [0.717, 1.165) is 24.0 Å². The van der Waals surface area contributed by atoms with Crippen molar-refractivity contribution in [3.8, 4) is 0 Å². The summed E-state index contributed by atoms with van der Waals surface area (Å²) < 4.78 is 5.57. The van der Waals surface area contributed by atoms with Gasteiger partial charge in [0.2, 0.25) is 0 Å². The van der Waals surface area contributed by atoms with Gasteiger partial charge >= 0.3 is 5.97 Å². The van der Waals surface area contributed by atoms with E-state index in [9.17, 15) is 9.59 Å². The first-order valence-electron chi connectivity index (χ1n) is 6.63. The van der Waals surface area contributed by atoms with Gasteiger partial charge in [-0.3, -0.25) is 9.59 Å². The fourth-order valence-electron chi connectivity index (χ4n) is 3.69. The molecule has 0 amide bonds. The first-order valence-corrected chi connectivity index (χ1v) is 6.63. The Bertz CT molecular complexity index is 498. The molecule has 96 valence electrons. The topological polar surface area (TPSA) is 43.4 Å². The van der Waals surface area contributed by atoms with Crippen molar-refractivity contribution in [3.05, 3.63) is 22.8 Å². The summed E-state index contributed by atoms with van der Waals surface area (Å²) in [5, 5.41) is 0. The fraction of sp³-hybridized carbons (Fsp3) is 0.600. The van der Waals surface area contributed by atoms with Crippen molar-refractivity contribution in [2.45, 2.75) is 39.7 Å². The zero-order valence-corrected chi connectivity index (χ0v) is 11.0. The summed E-state index contributed by atoms with van der Waals surface area (Å²) in [6.45, 7) is 5.96. The minimum absolute atomic E-state index is 0.0129. The molecule has 0 aromatic rings. The molecule has 1 aliphatic heterocycles. The van der Waals surface area contributed by atoms with Crippen molar-refractivity contribution in [1.29, 1.82) is 0 Å². The molecule has 0 unspecified atom stereocenters. The molecule has 0 aromatic heterocycles. The molecule has 1 fully saturated rings. The Kier molecular flexibility index (Phi) is 2.47. The van der Waals surface area contributed by atoms with Crippen molar-refractivity contribution in [2.24, 2.45) is 17.8 Å². The van der Waals surface area contributed by atoms with E-state index in [2.05, 4.69) is 0 Å². The Morgan fingerprint density at radius 2 is 2.00 bits per heavy atom. The molecule has 18 heavy (non-hydrogen) atoms. The first-order chi connectivity index (χ1) is 8.50.